The first-order chi connectivity index (χ1) is 9.97. The minimum absolute atomic E-state index is 0.114. The molecule has 1 aromatic heterocycles. The number of aryl methyl sites for hydroxylation is 1. The molecule has 1 heterocycles. The monoisotopic (exact) mass is 294 g/mol. The van der Waals surface area contributed by atoms with Crippen LogP contribution in [0, 0.1) is 17.0 Å². The van der Waals surface area contributed by atoms with Gasteiger partial charge < -0.3 is 10.2 Å². The predicted molar refractivity (Wildman–Crippen MR) is 85.7 cm³/mol. The Morgan fingerprint density at radius 2 is 2.10 bits per heavy atom. The quantitative estimate of drug-likeness (QED) is 0.559. The summed E-state index contributed by atoms with van der Waals surface area (Å²) in [6, 6.07) is 1.76. The summed E-state index contributed by atoms with van der Waals surface area (Å²) < 4.78 is 0. The minimum Gasteiger partial charge on any atom is -0.367 e. The molecule has 0 aliphatic heterocycles. The summed E-state index contributed by atoms with van der Waals surface area (Å²) in [5.74, 6) is 0.572. The molecular weight excluding hydrogens is 268 g/mol. The van der Waals surface area contributed by atoms with Crippen molar-refractivity contribution in [2.75, 3.05) is 25.0 Å². The number of rotatable bonds is 9. The molecule has 1 N–H and O–H groups in total. The largest absolute Gasteiger partial charge is 0.367 e. The van der Waals surface area contributed by atoms with Crippen molar-refractivity contribution in [2.45, 2.75) is 46.6 Å². The van der Waals surface area contributed by atoms with Gasteiger partial charge in [-0.2, -0.15) is 0 Å². The van der Waals surface area contributed by atoms with Crippen LogP contribution in [0.1, 0.15) is 39.2 Å². The van der Waals surface area contributed by atoms with Crippen molar-refractivity contribution in [3.8, 4) is 0 Å². The summed E-state index contributed by atoms with van der Waals surface area (Å²) >= 11 is 0. The van der Waals surface area contributed by atoms with E-state index in [1.807, 2.05) is 0 Å². The van der Waals surface area contributed by atoms with E-state index in [4.69, 9.17) is 0 Å². The van der Waals surface area contributed by atoms with Crippen LogP contribution in [0.3, 0.4) is 0 Å². The van der Waals surface area contributed by atoms with Crippen LogP contribution >= 0.6 is 0 Å². The Kier molecular flexibility index (Phi) is 7.08. The fourth-order valence-corrected chi connectivity index (χ4v) is 2.27. The topological polar surface area (TPSA) is 71.3 Å². The first-order valence-electron chi connectivity index (χ1n) is 7.57. The molecule has 6 heteroatoms. The molecule has 0 fully saturated rings. The van der Waals surface area contributed by atoms with Crippen molar-refractivity contribution in [3.63, 3.8) is 0 Å². The van der Waals surface area contributed by atoms with E-state index >= 15 is 0 Å². The molecular formula is C15H26N4O2. The van der Waals surface area contributed by atoms with Crippen LogP contribution in [-0.4, -0.2) is 40.5 Å². The van der Waals surface area contributed by atoms with E-state index < -0.39 is 0 Å². The van der Waals surface area contributed by atoms with Gasteiger partial charge in [-0.15, -0.1) is 0 Å². The van der Waals surface area contributed by atoms with Gasteiger partial charge in [-0.1, -0.05) is 13.8 Å². The molecule has 118 valence electrons. The van der Waals surface area contributed by atoms with Gasteiger partial charge in [0.15, 0.2) is 0 Å². The molecule has 0 aliphatic rings. The maximum absolute atomic E-state index is 10.9. The minimum atomic E-state index is -0.368. The summed E-state index contributed by atoms with van der Waals surface area (Å²) in [5.41, 5.74) is 0.697. The molecule has 0 aliphatic carbocycles. The summed E-state index contributed by atoms with van der Waals surface area (Å²) in [6.07, 6.45) is 3.66. The van der Waals surface area contributed by atoms with Crippen LogP contribution in [0.2, 0.25) is 0 Å². The molecule has 0 saturated heterocycles. The lowest BCUT2D eigenvalue weighted by atomic mass is 10.1. The van der Waals surface area contributed by atoms with Gasteiger partial charge in [0, 0.05) is 17.8 Å². The molecule has 0 spiro atoms. The molecule has 0 saturated carbocycles. The lowest BCUT2D eigenvalue weighted by Gasteiger charge is -2.20. The third-order valence-electron chi connectivity index (χ3n) is 3.67. The van der Waals surface area contributed by atoms with Gasteiger partial charge >= 0.3 is 0 Å². The van der Waals surface area contributed by atoms with E-state index in [-0.39, 0.29) is 16.7 Å². The van der Waals surface area contributed by atoms with Crippen molar-refractivity contribution in [1.29, 1.82) is 0 Å². The highest BCUT2D eigenvalue weighted by molar-refractivity contribution is 5.49. The molecule has 1 rings (SSSR count). The van der Waals surface area contributed by atoms with Gasteiger partial charge in [-0.25, -0.2) is 4.98 Å². The number of nitro groups is 1. The Balaban J connectivity index is 2.49. The van der Waals surface area contributed by atoms with Crippen LogP contribution in [0.5, 0.6) is 0 Å². The molecule has 6 nitrogen and oxygen atoms in total. The van der Waals surface area contributed by atoms with Crippen LogP contribution in [0.15, 0.2) is 12.3 Å². The summed E-state index contributed by atoms with van der Waals surface area (Å²) in [7, 11) is 0. The van der Waals surface area contributed by atoms with Gasteiger partial charge in [0.25, 0.3) is 5.69 Å². The number of aromatic nitrogens is 1. The molecule has 0 bridgehead atoms. The van der Waals surface area contributed by atoms with E-state index in [9.17, 15) is 10.1 Å². The summed E-state index contributed by atoms with van der Waals surface area (Å²) in [4.78, 5) is 17.2. The van der Waals surface area contributed by atoms with Crippen molar-refractivity contribution in [2.24, 2.45) is 0 Å². The number of hydrogen-bond acceptors (Lipinski definition) is 5. The molecule has 21 heavy (non-hydrogen) atoms. The third kappa shape index (κ3) is 5.67. The number of anilines is 1. The Bertz CT molecular complexity index is 461. The lowest BCUT2D eigenvalue weighted by molar-refractivity contribution is -0.385. The average molecular weight is 294 g/mol. The Morgan fingerprint density at radius 1 is 1.43 bits per heavy atom. The molecule has 1 atom stereocenters. The summed E-state index contributed by atoms with van der Waals surface area (Å²) in [6.45, 7) is 11.3. The molecule has 0 aromatic carbocycles. The Labute approximate surface area is 126 Å². The van der Waals surface area contributed by atoms with E-state index in [0.29, 0.717) is 11.4 Å². The van der Waals surface area contributed by atoms with Gasteiger partial charge in [0.05, 0.1) is 11.0 Å². The molecule has 1 aromatic rings. The van der Waals surface area contributed by atoms with E-state index in [2.05, 4.69) is 36.0 Å². The van der Waals surface area contributed by atoms with Gasteiger partial charge in [-0.3, -0.25) is 10.1 Å². The fraction of sp³-hybridized carbons (Fsp3) is 0.667. The van der Waals surface area contributed by atoms with Crippen molar-refractivity contribution in [1.82, 2.24) is 9.88 Å². The molecule has 0 radical (unpaired) electrons. The van der Waals surface area contributed by atoms with Gasteiger partial charge in [0.2, 0.25) is 0 Å². The smallest absolute Gasteiger partial charge is 0.277 e. The lowest BCUT2D eigenvalue weighted by Crippen LogP contribution is -2.25. The number of pyridine rings is 1. The van der Waals surface area contributed by atoms with Crippen LogP contribution in [0.25, 0.3) is 0 Å². The third-order valence-corrected chi connectivity index (χ3v) is 3.67. The second kappa shape index (κ2) is 8.56. The molecule has 0 amide bonds. The fourth-order valence-electron chi connectivity index (χ4n) is 2.27. The standard InChI is InChI=1S/C15H26N4O2/c1-5-18(6-2)9-7-8-13(4)17-15-10-14(19(20)21)12(3)11-16-15/h10-11,13H,5-9H2,1-4H3,(H,16,17). The van der Waals surface area contributed by atoms with E-state index in [0.717, 1.165) is 32.5 Å². The van der Waals surface area contributed by atoms with Crippen molar-refractivity contribution >= 4 is 11.5 Å². The predicted octanol–water partition coefficient (Wildman–Crippen LogP) is 3.22. The molecule has 1 unspecified atom stereocenters. The highest BCUT2D eigenvalue weighted by Crippen LogP contribution is 2.20. The van der Waals surface area contributed by atoms with Gasteiger partial charge in [-0.05, 0) is 46.3 Å². The first-order valence-corrected chi connectivity index (χ1v) is 7.57. The highest BCUT2D eigenvalue weighted by atomic mass is 16.6. The van der Waals surface area contributed by atoms with Crippen molar-refractivity contribution < 1.29 is 4.92 Å². The van der Waals surface area contributed by atoms with Crippen molar-refractivity contribution in [3.05, 3.63) is 27.9 Å². The maximum Gasteiger partial charge on any atom is 0.277 e. The highest BCUT2D eigenvalue weighted by Gasteiger charge is 2.13. The van der Waals surface area contributed by atoms with E-state index in [1.165, 1.54) is 6.07 Å². The second-order valence-electron chi connectivity index (χ2n) is 5.33. The second-order valence-corrected chi connectivity index (χ2v) is 5.33. The zero-order chi connectivity index (χ0) is 15.8. The summed E-state index contributed by atoms with van der Waals surface area (Å²) in [5, 5.41) is 14.2. The van der Waals surface area contributed by atoms with Crippen LogP contribution in [0.4, 0.5) is 11.5 Å². The van der Waals surface area contributed by atoms with Crippen LogP contribution < -0.4 is 5.32 Å². The van der Waals surface area contributed by atoms with Gasteiger partial charge in [0.1, 0.15) is 5.82 Å². The number of nitrogens with one attached hydrogen (secondary N) is 1. The SMILES string of the molecule is CCN(CC)CCCC(C)Nc1cc([N+](=O)[O-])c(C)cn1. The Hall–Kier alpha value is -1.69. The number of hydrogen-bond donors (Lipinski definition) is 1. The van der Waals surface area contributed by atoms with E-state index in [1.54, 1.807) is 13.1 Å². The zero-order valence-electron chi connectivity index (χ0n) is 13.4. The average Bonchev–Trinajstić information content (AvgIpc) is 2.45. The maximum atomic E-state index is 10.9. The zero-order valence-corrected chi connectivity index (χ0v) is 13.4. The number of nitrogens with zero attached hydrogens (tertiary/aromatic N) is 3. The normalized spacial score (nSPS) is 12.4. The van der Waals surface area contributed by atoms with Crippen LogP contribution in [-0.2, 0) is 0 Å². The first kappa shape index (κ1) is 17.4. The Morgan fingerprint density at radius 3 is 2.67 bits per heavy atom.